The normalized spacial score (nSPS) is 13.8. The van der Waals surface area contributed by atoms with Gasteiger partial charge in [-0.25, -0.2) is 0 Å². The standard InChI is InChI=1S/C21H36N4O3/c1-6-16(5)25-20(27)12-13-23-21(22-7-2)24-14-19(26)17-8-10-18(11-9-17)28-15(3)4/h8-11,15-16,19,26H,6-7,12-14H2,1-5H3,(H,25,27)(H2,22,23,24). The SMILES string of the molecule is CCNC(=NCC(O)c1ccc(OC(C)C)cc1)NCCC(=O)NC(C)CC. The van der Waals surface area contributed by atoms with Crippen molar-refractivity contribution in [3.8, 4) is 5.75 Å². The molecule has 1 amide bonds. The van der Waals surface area contributed by atoms with Crippen molar-refractivity contribution < 1.29 is 14.6 Å². The number of amides is 1. The third-order valence-electron chi connectivity index (χ3n) is 4.07. The smallest absolute Gasteiger partial charge is 0.221 e. The summed E-state index contributed by atoms with van der Waals surface area (Å²) in [5.41, 5.74) is 0.781. The number of aliphatic hydroxyl groups excluding tert-OH is 1. The van der Waals surface area contributed by atoms with E-state index in [-0.39, 0.29) is 24.6 Å². The zero-order valence-corrected chi connectivity index (χ0v) is 17.8. The Labute approximate surface area is 169 Å². The van der Waals surface area contributed by atoms with Gasteiger partial charge in [-0.05, 0) is 51.8 Å². The van der Waals surface area contributed by atoms with Crippen LogP contribution in [-0.2, 0) is 4.79 Å². The van der Waals surface area contributed by atoms with Gasteiger partial charge in [-0.15, -0.1) is 0 Å². The van der Waals surface area contributed by atoms with Crippen LogP contribution in [0.4, 0.5) is 0 Å². The van der Waals surface area contributed by atoms with Crippen LogP contribution in [0.5, 0.6) is 5.75 Å². The highest BCUT2D eigenvalue weighted by molar-refractivity contribution is 5.81. The molecule has 4 N–H and O–H groups in total. The average molecular weight is 393 g/mol. The molecule has 7 nitrogen and oxygen atoms in total. The molecule has 0 saturated heterocycles. The molecule has 7 heteroatoms. The van der Waals surface area contributed by atoms with E-state index < -0.39 is 6.10 Å². The van der Waals surface area contributed by atoms with Gasteiger partial charge in [0.2, 0.25) is 5.91 Å². The summed E-state index contributed by atoms with van der Waals surface area (Å²) in [6, 6.07) is 7.57. The van der Waals surface area contributed by atoms with Gasteiger partial charge in [0.1, 0.15) is 5.75 Å². The Morgan fingerprint density at radius 2 is 1.82 bits per heavy atom. The summed E-state index contributed by atoms with van der Waals surface area (Å²) in [6.45, 7) is 11.3. The van der Waals surface area contributed by atoms with Gasteiger partial charge >= 0.3 is 0 Å². The summed E-state index contributed by atoms with van der Waals surface area (Å²) >= 11 is 0. The molecule has 0 aliphatic rings. The van der Waals surface area contributed by atoms with E-state index >= 15 is 0 Å². The fourth-order valence-corrected chi connectivity index (χ4v) is 2.41. The second-order valence-electron chi connectivity index (χ2n) is 7.02. The van der Waals surface area contributed by atoms with Crippen molar-refractivity contribution in [2.24, 2.45) is 4.99 Å². The maximum Gasteiger partial charge on any atom is 0.221 e. The highest BCUT2D eigenvalue weighted by Crippen LogP contribution is 2.19. The molecule has 0 radical (unpaired) electrons. The van der Waals surface area contributed by atoms with E-state index in [2.05, 4.69) is 20.9 Å². The molecule has 0 aliphatic carbocycles. The predicted octanol–water partition coefficient (Wildman–Crippen LogP) is 2.37. The van der Waals surface area contributed by atoms with Gasteiger partial charge in [0.25, 0.3) is 0 Å². The number of carbonyl (C=O) groups excluding carboxylic acids is 1. The van der Waals surface area contributed by atoms with Crippen molar-refractivity contribution in [1.82, 2.24) is 16.0 Å². The summed E-state index contributed by atoms with van der Waals surface area (Å²) in [5.74, 6) is 1.37. The number of ether oxygens (including phenoxy) is 1. The van der Waals surface area contributed by atoms with E-state index in [1.165, 1.54) is 0 Å². The van der Waals surface area contributed by atoms with Crippen molar-refractivity contribution in [3.63, 3.8) is 0 Å². The number of rotatable bonds is 11. The molecule has 0 spiro atoms. The maximum atomic E-state index is 11.8. The van der Waals surface area contributed by atoms with Crippen LogP contribution in [0.2, 0.25) is 0 Å². The van der Waals surface area contributed by atoms with Gasteiger partial charge in [-0.3, -0.25) is 9.79 Å². The Bertz CT molecular complexity index is 602. The maximum absolute atomic E-state index is 11.8. The first kappa shape index (κ1) is 23.8. The Morgan fingerprint density at radius 3 is 2.39 bits per heavy atom. The van der Waals surface area contributed by atoms with Gasteiger partial charge in [-0.1, -0.05) is 19.1 Å². The summed E-state index contributed by atoms with van der Waals surface area (Å²) in [7, 11) is 0. The third kappa shape index (κ3) is 9.60. The molecule has 0 aromatic heterocycles. The van der Waals surface area contributed by atoms with E-state index in [0.717, 1.165) is 17.7 Å². The molecule has 0 fully saturated rings. The van der Waals surface area contributed by atoms with Crippen molar-refractivity contribution in [2.45, 2.75) is 65.7 Å². The first-order valence-corrected chi connectivity index (χ1v) is 10.1. The lowest BCUT2D eigenvalue weighted by Gasteiger charge is -2.15. The number of aliphatic hydroxyl groups is 1. The minimum Gasteiger partial charge on any atom is -0.491 e. The van der Waals surface area contributed by atoms with Crippen LogP contribution in [0.1, 0.15) is 59.1 Å². The lowest BCUT2D eigenvalue weighted by atomic mass is 10.1. The topological polar surface area (TPSA) is 95.0 Å². The number of hydrogen-bond donors (Lipinski definition) is 4. The van der Waals surface area contributed by atoms with E-state index in [1.807, 2.05) is 58.9 Å². The molecule has 158 valence electrons. The van der Waals surface area contributed by atoms with Crippen molar-refractivity contribution in [3.05, 3.63) is 29.8 Å². The largest absolute Gasteiger partial charge is 0.491 e. The van der Waals surface area contributed by atoms with Crippen LogP contribution in [0, 0.1) is 0 Å². The number of benzene rings is 1. The van der Waals surface area contributed by atoms with E-state index in [0.29, 0.717) is 25.5 Å². The monoisotopic (exact) mass is 392 g/mol. The number of guanidine groups is 1. The number of nitrogens with zero attached hydrogens (tertiary/aromatic N) is 1. The van der Waals surface area contributed by atoms with Crippen LogP contribution in [0.3, 0.4) is 0 Å². The zero-order valence-electron chi connectivity index (χ0n) is 17.8. The first-order valence-electron chi connectivity index (χ1n) is 10.1. The Hall–Kier alpha value is -2.28. The van der Waals surface area contributed by atoms with Crippen LogP contribution >= 0.6 is 0 Å². The Morgan fingerprint density at radius 1 is 1.14 bits per heavy atom. The van der Waals surface area contributed by atoms with E-state index in [4.69, 9.17) is 4.74 Å². The molecule has 0 bridgehead atoms. The minimum absolute atomic E-state index is 0.0152. The van der Waals surface area contributed by atoms with Crippen molar-refractivity contribution in [1.29, 1.82) is 0 Å². The van der Waals surface area contributed by atoms with Crippen molar-refractivity contribution in [2.75, 3.05) is 19.6 Å². The van der Waals surface area contributed by atoms with Gasteiger partial charge in [-0.2, -0.15) is 0 Å². The van der Waals surface area contributed by atoms with Crippen LogP contribution < -0.4 is 20.7 Å². The number of aliphatic imine (C=N–C) groups is 1. The lowest BCUT2D eigenvalue weighted by molar-refractivity contribution is -0.121. The summed E-state index contributed by atoms with van der Waals surface area (Å²) in [5, 5.41) is 19.6. The van der Waals surface area contributed by atoms with Crippen LogP contribution in [-0.4, -0.2) is 48.8 Å². The molecule has 0 saturated carbocycles. The zero-order chi connectivity index (χ0) is 20.9. The molecule has 1 rings (SSSR count). The molecule has 2 atom stereocenters. The highest BCUT2D eigenvalue weighted by Gasteiger charge is 2.09. The quantitative estimate of drug-likeness (QED) is 0.343. The number of nitrogens with one attached hydrogen (secondary N) is 3. The molecule has 1 aromatic rings. The second kappa shape index (κ2) is 13.0. The predicted molar refractivity (Wildman–Crippen MR) is 114 cm³/mol. The van der Waals surface area contributed by atoms with Gasteiger partial charge in [0.15, 0.2) is 5.96 Å². The van der Waals surface area contributed by atoms with E-state index in [1.54, 1.807) is 0 Å². The minimum atomic E-state index is -0.711. The summed E-state index contributed by atoms with van der Waals surface area (Å²) < 4.78 is 5.61. The molecule has 28 heavy (non-hydrogen) atoms. The van der Waals surface area contributed by atoms with Crippen LogP contribution in [0.25, 0.3) is 0 Å². The fraction of sp³-hybridized carbons (Fsp3) is 0.619. The van der Waals surface area contributed by atoms with Crippen LogP contribution in [0.15, 0.2) is 29.3 Å². The first-order chi connectivity index (χ1) is 13.3. The molecule has 0 heterocycles. The average Bonchev–Trinajstić information content (AvgIpc) is 2.65. The highest BCUT2D eigenvalue weighted by atomic mass is 16.5. The number of carbonyl (C=O) groups is 1. The molecular formula is C21H36N4O3. The molecule has 0 aliphatic heterocycles. The van der Waals surface area contributed by atoms with Gasteiger partial charge < -0.3 is 25.8 Å². The van der Waals surface area contributed by atoms with Crippen molar-refractivity contribution >= 4 is 11.9 Å². The van der Waals surface area contributed by atoms with E-state index in [9.17, 15) is 9.90 Å². The molecular weight excluding hydrogens is 356 g/mol. The lowest BCUT2D eigenvalue weighted by Crippen LogP contribution is -2.40. The summed E-state index contributed by atoms with van der Waals surface area (Å²) in [4.78, 5) is 16.3. The summed E-state index contributed by atoms with van der Waals surface area (Å²) in [6.07, 6.45) is 0.680. The fourth-order valence-electron chi connectivity index (χ4n) is 2.41. The second-order valence-corrected chi connectivity index (χ2v) is 7.02. The molecule has 1 aromatic carbocycles. The van der Waals surface area contributed by atoms with Gasteiger partial charge in [0.05, 0.1) is 18.8 Å². The Kier molecular flexibility index (Phi) is 11.0. The van der Waals surface area contributed by atoms with Gasteiger partial charge in [0, 0.05) is 25.6 Å². The number of hydrogen-bond acceptors (Lipinski definition) is 4. The Balaban J connectivity index is 2.52. The third-order valence-corrected chi connectivity index (χ3v) is 4.07. The molecule has 2 unspecified atom stereocenters.